The second-order valence-electron chi connectivity index (χ2n) is 6.67. The van der Waals surface area contributed by atoms with Gasteiger partial charge in [-0.2, -0.15) is 5.26 Å². The van der Waals surface area contributed by atoms with E-state index in [1.165, 1.54) is 12.4 Å². The fraction of sp³-hybridized carbons (Fsp3) is 0.263. The van der Waals surface area contributed by atoms with Gasteiger partial charge in [-0.25, -0.2) is 14.4 Å². The van der Waals surface area contributed by atoms with Crippen LogP contribution in [0.3, 0.4) is 0 Å². The SMILES string of the molecule is N#Cc1ccc(N2CCC(Nc3c(C(N)=O)cnc4[nH]ccc34)C(F)C2)nc1. The number of piperidine rings is 1. The number of rotatable bonds is 4. The first-order valence-corrected chi connectivity index (χ1v) is 8.84. The zero-order valence-corrected chi connectivity index (χ0v) is 14.9. The molecule has 2 unspecified atom stereocenters. The van der Waals surface area contributed by atoms with Gasteiger partial charge in [-0.05, 0) is 24.6 Å². The van der Waals surface area contributed by atoms with Gasteiger partial charge in [0.1, 0.15) is 23.7 Å². The van der Waals surface area contributed by atoms with E-state index in [1.54, 1.807) is 24.4 Å². The second-order valence-corrected chi connectivity index (χ2v) is 6.67. The number of nitrogens with one attached hydrogen (secondary N) is 2. The maximum atomic E-state index is 14.9. The summed E-state index contributed by atoms with van der Waals surface area (Å²) in [6.07, 6.45) is 3.90. The van der Waals surface area contributed by atoms with Crippen LogP contribution in [-0.2, 0) is 0 Å². The summed E-state index contributed by atoms with van der Waals surface area (Å²) in [6.45, 7) is 0.744. The van der Waals surface area contributed by atoms with Gasteiger partial charge in [0.25, 0.3) is 5.91 Å². The van der Waals surface area contributed by atoms with E-state index >= 15 is 0 Å². The molecule has 142 valence electrons. The highest BCUT2D eigenvalue weighted by Crippen LogP contribution is 2.29. The standard InChI is InChI=1S/C19H18FN7O/c20-14-10-27(16-2-1-11(7-21)8-24-16)6-4-15(14)26-17-12-3-5-23-19(12)25-9-13(17)18(22)28/h1-3,5,8-9,14-15H,4,6,10H2,(H2,22,28)(H2,23,25,26). The number of hydrogen-bond acceptors (Lipinski definition) is 6. The third-order valence-corrected chi connectivity index (χ3v) is 4.92. The van der Waals surface area contributed by atoms with Crippen molar-refractivity contribution in [3.63, 3.8) is 0 Å². The number of carbonyl (C=O) groups excluding carboxylic acids is 1. The smallest absolute Gasteiger partial charge is 0.252 e. The summed E-state index contributed by atoms with van der Waals surface area (Å²) in [5.74, 6) is 0.0163. The lowest BCUT2D eigenvalue weighted by Gasteiger charge is -2.36. The Bertz CT molecular complexity index is 1060. The van der Waals surface area contributed by atoms with Crippen LogP contribution < -0.4 is 16.0 Å². The number of amides is 1. The fourth-order valence-electron chi connectivity index (χ4n) is 3.45. The summed E-state index contributed by atoms with van der Waals surface area (Å²) >= 11 is 0. The van der Waals surface area contributed by atoms with Crippen LogP contribution in [0.25, 0.3) is 11.0 Å². The lowest BCUT2D eigenvalue weighted by atomic mass is 10.0. The topological polar surface area (TPSA) is 124 Å². The monoisotopic (exact) mass is 379 g/mol. The Kier molecular flexibility index (Phi) is 4.53. The number of primary amides is 1. The molecule has 1 fully saturated rings. The van der Waals surface area contributed by atoms with Crippen molar-refractivity contribution in [1.29, 1.82) is 5.26 Å². The molecule has 28 heavy (non-hydrogen) atoms. The van der Waals surface area contributed by atoms with E-state index in [0.717, 1.165) is 0 Å². The lowest BCUT2D eigenvalue weighted by Crippen LogP contribution is -2.48. The molecule has 1 aliphatic rings. The largest absolute Gasteiger partial charge is 0.378 e. The van der Waals surface area contributed by atoms with Gasteiger partial charge >= 0.3 is 0 Å². The van der Waals surface area contributed by atoms with Crippen LogP contribution in [0, 0.1) is 11.3 Å². The number of H-pyrrole nitrogens is 1. The number of nitriles is 1. The molecule has 8 nitrogen and oxygen atoms in total. The van der Waals surface area contributed by atoms with Crippen LogP contribution >= 0.6 is 0 Å². The van der Waals surface area contributed by atoms with Crippen LogP contribution in [-0.4, -0.2) is 46.2 Å². The molecule has 1 amide bonds. The van der Waals surface area contributed by atoms with E-state index in [-0.39, 0.29) is 12.1 Å². The van der Waals surface area contributed by atoms with E-state index in [9.17, 15) is 9.18 Å². The van der Waals surface area contributed by atoms with Gasteiger partial charge in [-0.3, -0.25) is 4.79 Å². The summed E-state index contributed by atoms with van der Waals surface area (Å²) < 4.78 is 14.9. The van der Waals surface area contributed by atoms with Crippen molar-refractivity contribution < 1.29 is 9.18 Å². The molecule has 0 radical (unpaired) electrons. The molecule has 0 spiro atoms. The number of anilines is 2. The van der Waals surface area contributed by atoms with Crippen LogP contribution in [0.15, 0.2) is 36.8 Å². The maximum Gasteiger partial charge on any atom is 0.252 e. The first-order chi connectivity index (χ1) is 13.6. The van der Waals surface area contributed by atoms with Crippen LogP contribution in [0.1, 0.15) is 22.3 Å². The summed E-state index contributed by atoms with van der Waals surface area (Å²) in [5.41, 5.74) is 7.26. The molecule has 3 aromatic heterocycles. The molecule has 0 bridgehead atoms. The van der Waals surface area contributed by atoms with Crippen LogP contribution in [0.5, 0.6) is 0 Å². The highest BCUT2D eigenvalue weighted by atomic mass is 19.1. The van der Waals surface area contributed by atoms with Crippen molar-refractivity contribution in [2.75, 3.05) is 23.3 Å². The lowest BCUT2D eigenvalue weighted by molar-refractivity contribution is 0.100. The molecule has 4 N–H and O–H groups in total. The normalized spacial score (nSPS) is 19.4. The summed E-state index contributed by atoms with van der Waals surface area (Å²) in [5, 5.41) is 12.7. The predicted octanol–water partition coefficient (Wildman–Crippen LogP) is 1.96. The molecule has 4 rings (SSSR count). The van der Waals surface area contributed by atoms with Gasteiger partial charge < -0.3 is 20.9 Å². The third kappa shape index (κ3) is 3.20. The molecule has 2 atom stereocenters. The zero-order chi connectivity index (χ0) is 19.7. The summed E-state index contributed by atoms with van der Waals surface area (Å²) in [7, 11) is 0. The van der Waals surface area contributed by atoms with Gasteiger partial charge in [-0.1, -0.05) is 0 Å². The molecule has 3 aromatic rings. The molecule has 9 heteroatoms. The second kappa shape index (κ2) is 7.15. The quantitative estimate of drug-likeness (QED) is 0.637. The molecular weight excluding hydrogens is 361 g/mol. The average molecular weight is 379 g/mol. The number of nitrogens with two attached hydrogens (primary N) is 1. The Hall–Kier alpha value is -3.67. The third-order valence-electron chi connectivity index (χ3n) is 4.92. The highest BCUT2D eigenvalue weighted by molar-refractivity contribution is 6.06. The van der Waals surface area contributed by atoms with Crippen molar-refractivity contribution in [3.05, 3.63) is 47.9 Å². The van der Waals surface area contributed by atoms with E-state index in [1.807, 2.05) is 11.0 Å². The van der Waals surface area contributed by atoms with E-state index in [4.69, 9.17) is 11.0 Å². The minimum absolute atomic E-state index is 0.157. The molecule has 1 saturated heterocycles. The minimum Gasteiger partial charge on any atom is -0.378 e. The first kappa shape index (κ1) is 17.7. The number of nitrogens with zero attached hydrogens (tertiary/aromatic N) is 4. The van der Waals surface area contributed by atoms with Gasteiger partial charge in [0.2, 0.25) is 0 Å². The van der Waals surface area contributed by atoms with Crippen molar-refractivity contribution in [2.45, 2.75) is 18.6 Å². The molecule has 4 heterocycles. The first-order valence-electron chi connectivity index (χ1n) is 8.84. The minimum atomic E-state index is -1.19. The number of carbonyl (C=O) groups is 1. The Morgan fingerprint density at radius 2 is 2.21 bits per heavy atom. The number of aromatic nitrogens is 3. The van der Waals surface area contributed by atoms with Crippen molar-refractivity contribution in [3.8, 4) is 6.07 Å². The average Bonchev–Trinajstić information content (AvgIpc) is 3.18. The van der Waals surface area contributed by atoms with Gasteiger partial charge in [0, 0.05) is 30.5 Å². The molecule has 0 saturated carbocycles. The van der Waals surface area contributed by atoms with Crippen LogP contribution in [0.2, 0.25) is 0 Å². The van der Waals surface area contributed by atoms with E-state index < -0.39 is 18.1 Å². The Morgan fingerprint density at radius 1 is 1.36 bits per heavy atom. The Morgan fingerprint density at radius 3 is 2.89 bits per heavy atom. The maximum absolute atomic E-state index is 14.9. The van der Waals surface area contributed by atoms with Gasteiger partial charge in [0.05, 0.1) is 29.4 Å². The van der Waals surface area contributed by atoms with Crippen molar-refractivity contribution >= 4 is 28.4 Å². The molecule has 1 aliphatic heterocycles. The zero-order valence-electron chi connectivity index (χ0n) is 14.9. The number of halogens is 1. The van der Waals surface area contributed by atoms with Crippen LogP contribution in [0.4, 0.5) is 15.9 Å². The Labute approximate surface area is 160 Å². The number of aromatic amines is 1. The van der Waals surface area contributed by atoms with Gasteiger partial charge in [0.15, 0.2) is 0 Å². The predicted molar refractivity (Wildman–Crippen MR) is 103 cm³/mol. The summed E-state index contributed by atoms with van der Waals surface area (Å²) in [4.78, 5) is 25.0. The van der Waals surface area contributed by atoms with Gasteiger partial charge in [-0.15, -0.1) is 0 Å². The molecule has 0 aromatic carbocycles. The summed E-state index contributed by atoms with van der Waals surface area (Å²) in [6, 6.07) is 6.70. The number of hydrogen-bond donors (Lipinski definition) is 3. The number of fused-ring (bicyclic) bond motifs is 1. The van der Waals surface area contributed by atoms with E-state index in [2.05, 4.69) is 20.3 Å². The van der Waals surface area contributed by atoms with Crippen molar-refractivity contribution in [2.24, 2.45) is 5.73 Å². The highest BCUT2D eigenvalue weighted by Gasteiger charge is 2.31. The number of alkyl halides is 1. The Balaban J connectivity index is 1.54. The van der Waals surface area contributed by atoms with Crippen molar-refractivity contribution in [1.82, 2.24) is 15.0 Å². The molecular formula is C19H18FN7O. The fourth-order valence-corrected chi connectivity index (χ4v) is 3.45. The number of pyridine rings is 2. The van der Waals surface area contributed by atoms with E-state index in [0.29, 0.717) is 41.1 Å². The molecule has 0 aliphatic carbocycles.